The average Bonchev–Trinajstić information content (AvgIpc) is 2.53. The van der Waals surface area contributed by atoms with Gasteiger partial charge in [-0.2, -0.15) is 0 Å². The minimum atomic E-state index is -0.246. The number of carbonyl (C=O) groups is 1. The third-order valence-electron chi connectivity index (χ3n) is 3.02. The fourth-order valence-corrected chi connectivity index (χ4v) is 2.34. The Morgan fingerprint density at radius 2 is 1.91 bits per heavy atom. The van der Waals surface area contributed by atoms with Crippen molar-refractivity contribution in [3.8, 4) is 0 Å². The van der Waals surface area contributed by atoms with E-state index in [2.05, 4.69) is 26.6 Å². The highest BCUT2D eigenvalue weighted by Gasteiger charge is 1.99. The van der Waals surface area contributed by atoms with E-state index in [1.165, 1.54) is 0 Å². The molecule has 2 aromatic rings. The molecule has 2 amide bonds. The first kappa shape index (κ1) is 16.3. The predicted octanol–water partition coefficient (Wildman–Crippen LogP) is 3.38. The Hall–Kier alpha value is -2.11. The largest absolute Gasteiger partial charge is 0.334 e. The number of nitrogens with one attached hydrogen (secondary N) is 2. The number of nitrogens with two attached hydrogens (primary N) is 1. The quantitative estimate of drug-likeness (QED) is 0.765. The fraction of sp³-hybridized carbons (Fsp3) is 0.118. The molecule has 0 heterocycles. The van der Waals surface area contributed by atoms with Crippen molar-refractivity contribution in [3.05, 3.63) is 75.9 Å². The van der Waals surface area contributed by atoms with E-state index in [0.29, 0.717) is 13.1 Å². The molecule has 0 aliphatic heterocycles. The van der Waals surface area contributed by atoms with E-state index in [9.17, 15) is 4.79 Å². The maximum absolute atomic E-state index is 11.7. The average molecular weight is 360 g/mol. The maximum atomic E-state index is 11.7. The van der Waals surface area contributed by atoms with Crippen LogP contribution in [0.15, 0.2) is 59.2 Å². The lowest BCUT2D eigenvalue weighted by Gasteiger charge is -2.06. The monoisotopic (exact) mass is 359 g/mol. The molecule has 5 heteroatoms. The third kappa shape index (κ3) is 5.35. The molecule has 0 saturated heterocycles. The zero-order valence-corrected chi connectivity index (χ0v) is 13.6. The van der Waals surface area contributed by atoms with Crippen molar-refractivity contribution in [3.63, 3.8) is 0 Å². The molecule has 0 atom stereocenters. The molecule has 0 unspecified atom stereocenters. The van der Waals surface area contributed by atoms with E-state index >= 15 is 0 Å². The van der Waals surface area contributed by atoms with Gasteiger partial charge in [0, 0.05) is 23.8 Å². The zero-order valence-electron chi connectivity index (χ0n) is 12.1. The molecule has 4 N–H and O–H groups in total. The topological polar surface area (TPSA) is 67.1 Å². The summed E-state index contributed by atoms with van der Waals surface area (Å²) in [4.78, 5) is 11.7. The van der Waals surface area contributed by atoms with Crippen LogP contribution in [-0.2, 0) is 13.1 Å². The van der Waals surface area contributed by atoms with Crippen LogP contribution in [0.4, 0.5) is 4.79 Å². The molecule has 0 aromatic heterocycles. The summed E-state index contributed by atoms with van der Waals surface area (Å²) in [6, 6.07) is 15.4. The molecule has 0 aliphatic rings. The number of rotatable bonds is 5. The summed E-state index contributed by atoms with van der Waals surface area (Å²) in [7, 11) is 0. The van der Waals surface area contributed by atoms with E-state index in [4.69, 9.17) is 5.73 Å². The number of hydrogen-bond donors (Lipinski definition) is 3. The van der Waals surface area contributed by atoms with E-state index in [-0.39, 0.29) is 6.03 Å². The Kier molecular flexibility index (Phi) is 6.18. The van der Waals surface area contributed by atoms with Gasteiger partial charge in [-0.1, -0.05) is 52.3 Å². The van der Waals surface area contributed by atoms with Gasteiger partial charge in [0.2, 0.25) is 0 Å². The lowest BCUT2D eigenvalue weighted by atomic mass is 10.1. The van der Waals surface area contributed by atoms with Gasteiger partial charge < -0.3 is 16.4 Å². The predicted molar refractivity (Wildman–Crippen MR) is 92.9 cm³/mol. The van der Waals surface area contributed by atoms with E-state index in [0.717, 1.165) is 21.2 Å². The first-order valence-corrected chi connectivity index (χ1v) is 7.71. The Morgan fingerprint density at radius 1 is 1.14 bits per heavy atom. The molecule has 0 bridgehead atoms. The Bertz CT molecular complexity index is 670. The van der Waals surface area contributed by atoms with Gasteiger partial charge in [-0.15, -0.1) is 0 Å². The standard InChI is InChI=1S/C17H18BrN3O/c18-16-6-2-3-13(10-16)7-8-20-17(22)21-12-15-5-1-4-14(9-15)11-19/h1-10H,11-12,19H2,(H2,20,21,22)/b8-7+. The number of urea groups is 1. The number of amides is 2. The van der Waals surface area contributed by atoms with Crippen LogP contribution >= 0.6 is 15.9 Å². The van der Waals surface area contributed by atoms with Gasteiger partial charge in [0.1, 0.15) is 0 Å². The van der Waals surface area contributed by atoms with Crippen LogP contribution in [0.1, 0.15) is 16.7 Å². The summed E-state index contributed by atoms with van der Waals surface area (Å²) in [5, 5.41) is 5.48. The van der Waals surface area contributed by atoms with Gasteiger partial charge in [-0.05, 0) is 34.9 Å². The normalized spacial score (nSPS) is 10.6. The van der Waals surface area contributed by atoms with Crippen molar-refractivity contribution in [2.75, 3.05) is 0 Å². The number of benzene rings is 2. The number of carbonyl (C=O) groups excluding carboxylic acids is 1. The molecule has 22 heavy (non-hydrogen) atoms. The highest BCUT2D eigenvalue weighted by Crippen LogP contribution is 2.12. The van der Waals surface area contributed by atoms with Crippen molar-refractivity contribution in [1.82, 2.24) is 10.6 Å². The summed E-state index contributed by atoms with van der Waals surface area (Å²) in [5.41, 5.74) is 8.67. The molecule has 0 spiro atoms. The van der Waals surface area contributed by atoms with Gasteiger partial charge in [0.15, 0.2) is 0 Å². The molecular formula is C17H18BrN3O. The SMILES string of the molecule is NCc1cccc(CNC(=O)N/C=C/c2cccc(Br)c2)c1. The van der Waals surface area contributed by atoms with Gasteiger partial charge in [0.05, 0.1) is 0 Å². The molecule has 0 aliphatic carbocycles. The lowest BCUT2D eigenvalue weighted by Crippen LogP contribution is -2.31. The van der Waals surface area contributed by atoms with E-state index < -0.39 is 0 Å². The van der Waals surface area contributed by atoms with Gasteiger partial charge in [-0.25, -0.2) is 4.79 Å². The number of halogens is 1. The van der Waals surface area contributed by atoms with Gasteiger partial charge in [-0.3, -0.25) is 0 Å². The van der Waals surface area contributed by atoms with Crippen molar-refractivity contribution in [2.45, 2.75) is 13.1 Å². The van der Waals surface area contributed by atoms with Crippen molar-refractivity contribution >= 4 is 28.0 Å². The smallest absolute Gasteiger partial charge is 0.319 e. The number of hydrogen-bond acceptors (Lipinski definition) is 2. The van der Waals surface area contributed by atoms with Crippen molar-refractivity contribution in [2.24, 2.45) is 5.73 Å². The molecule has 0 radical (unpaired) electrons. The van der Waals surface area contributed by atoms with Gasteiger partial charge in [0.25, 0.3) is 0 Å². The third-order valence-corrected chi connectivity index (χ3v) is 3.51. The fourth-order valence-electron chi connectivity index (χ4n) is 1.92. The molecule has 114 valence electrons. The van der Waals surface area contributed by atoms with Crippen LogP contribution in [0.3, 0.4) is 0 Å². The zero-order chi connectivity index (χ0) is 15.8. The van der Waals surface area contributed by atoms with Crippen LogP contribution in [-0.4, -0.2) is 6.03 Å². The molecule has 0 saturated carbocycles. The van der Waals surface area contributed by atoms with E-state index in [1.807, 2.05) is 54.6 Å². The summed E-state index contributed by atoms with van der Waals surface area (Å²) in [5.74, 6) is 0. The second-order valence-electron chi connectivity index (χ2n) is 4.74. The highest BCUT2D eigenvalue weighted by molar-refractivity contribution is 9.10. The van der Waals surface area contributed by atoms with Crippen LogP contribution in [0.2, 0.25) is 0 Å². The van der Waals surface area contributed by atoms with Crippen LogP contribution in [0.5, 0.6) is 0 Å². The van der Waals surface area contributed by atoms with Crippen molar-refractivity contribution in [1.29, 1.82) is 0 Å². The van der Waals surface area contributed by atoms with Crippen LogP contribution < -0.4 is 16.4 Å². The Balaban J connectivity index is 1.80. The molecular weight excluding hydrogens is 342 g/mol. The molecule has 0 fully saturated rings. The van der Waals surface area contributed by atoms with E-state index in [1.54, 1.807) is 6.20 Å². The Labute approximate surface area is 138 Å². The second kappa shape index (κ2) is 8.36. The molecule has 2 rings (SSSR count). The summed E-state index contributed by atoms with van der Waals surface area (Å²) in [6.45, 7) is 0.958. The lowest BCUT2D eigenvalue weighted by molar-refractivity contribution is 0.244. The Morgan fingerprint density at radius 3 is 2.68 bits per heavy atom. The van der Waals surface area contributed by atoms with Gasteiger partial charge >= 0.3 is 6.03 Å². The second-order valence-corrected chi connectivity index (χ2v) is 5.66. The first-order chi connectivity index (χ1) is 10.7. The van der Waals surface area contributed by atoms with Crippen molar-refractivity contribution < 1.29 is 4.79 Å². The van der Waals surface area contributed by atoms with Crippen LogP contribution in [0, 0.1) is 0 Å². The summed E-state index contributed by atoms with van der Waals surface area (Å²) in [6.07, 6.45) is 3.45. The highest BCUT2D eigenvalue weighted by atomic mass is 79.9. The first-order valence-electron chi connectivity index (χ1n) is 6.92. The maximum Gasteiger partial charge on any atom is 0.319 e. The minimum Gasteiger partial charge on any atom is -0.334 e. The van der Waals surface area contributed by atoms with Crippen LogP contribution in [0.25, 0.3) is 6.08 Å². The summed E-state index contributed by atoms with van der Waals surface area (Å²) >= 11 is 3.40. The minimum absolute atomic E-state index is 0.246. The summed E-state index contributed by atoms with van der Waals surface area (Å²) < 4.78 is 0.999. The molecule has 2 aromatic carbocycles. The molecule has 4 nitrogen and oxygen atoms in total.